The van der Waals surface area contributed by atoms with E-state index in [1.807, 2.05) is 22.8 Å². The molecule has 0 aliphatic carbocycles. The molecule has 4 rings (SSSR count). The number of aryl methyl sites for hydroxylation is 1. The zero-order valence-corrected chi connectivity index (χ0v) is 21.0. The number of primary amides is 1. The van der Waals surface area contributed by atoms with Crippen LogP contribution in [0.25, 0.3) is 17.0 Å². The fourth-order valence-electron chi connectivity index (χ4n) is 4.20. The van der Waals surface area contributed by atoms with Gasteiger partial charge in [-0.2, -0.15) is 0 Å². The lowest BCUT2D eigenvalue weighted by Gasteiger charge is -2.09. The van der Waals surface area contributed by atoms with Crippen molar-refractivity contribution >= 4 is 28.7 Å². The average Bonchev–Trinajstić information content (AvgIpc) is 3.38. The summed E-state index contributed by atoms with van der Waals surface area (Å²) in [6.07, 6.45) is 7.35. The molecule has 3 aromatic rings. The highest BCUT2D eigenvalue weighted by atomic mass is 16.5. The van der Waals surface area contributed by atoms with E-state index >= 15 is 0 Å². The predicted octanol–water partition coefficient (Wildman–Crippen LogP) is 4.02. The van der Waals surface area contributed by atoms with E-state index in [-0.39, 0.29) is 30.7 Å². The summed E-state index contributed by atoms with van der Waals surface area (Å²) >= 11 is 0. The van der Waals surface area contributed by atoms with Gasteiger partial charge in [-0.15, -0.1) is 0 Å². The lowest BCUT2D eigenvalue weighted by Crippen LogP contribution is -2.15. The van der Waals surface area contributed by atoms with Gasteiger partial charge in [-0.3, -0.25) is 9.59 Å². The van der Waals surface area contributed by atoms with Crippen LogP contribution in [0.1, 0.15) is 57.7 Å². The van der Waals surface area contributed by atoms with E-state index in [0.29, 0.717) is 24.1 Å². The van der Waals surface area contributed by atoms with Gasteiger partial charge in [0, 0.05) is 35.6 Å². The Morgan fingerprint density at radius 1 is 1.25 bits per heavy atom. The molecule has 1 aromatic heterocycles. The van der Waals surface area contributed by atoms with Gasteiger partial charge in [0.1, 0.15) is 0 Å². The quantitative estimate of drug-likeness (QED) is 0.342. The average molecular weight is 491 g/mol. The topological polar surface area (TPSA) is 115 Å². The predicted molar refractivity (Wildman–Crippen MR) is 142 cm³/mol. The van der Waals surface area contributed by atoms with Crippen molar-refractivity contribution in [3.63, 3.8) is 0 Å². The van der Waals surface area contributed by atoms with Crippen molar-refractivity contribution in [2.24, 2.45) is 5.73 Å². The molecule has 36 heavy (non-hydrogen) atoms. The first-order chi connectivity index (χ1) is 17.1. The van der Waals surface area contributed by atoms with E-state index < -0.39 is 5.91 Å². The first-order valence-corrected chi connectivity index (χ1v) is 11.9. The highest BCUT2D eigenvalue weighted by Crippen LogP contribution is 2.25. The Balaban J connectivity index is 0.000000338. The summed E-state index contributed by atoms with van der Waals surface area (Å²) < 4.78 is 7.09. The minimum Gasteiger partial charge on any atom is -0.394 e. The number of Topliss-reactive ketones (excluding diaryl/α,β-unsaturated/α-hetero) is 1. The van der Waals surface area contributed by atoms with Crippen molar-refractivity contribution in [3.05, 3.63) is 89.1 Å². The molecule has 3 atom stereocenters. The molecule has 1 aliphatic heterocycles. The third kappa shape index (κ3) is 6.37. The zero-order chi connectivity index (χ0) is 26.4. The number of hydrogen-bond acceptors (Lipinski definition) is 5. The number of benzene rings is 2. The molecule has 7 nitrogen and oxygen atoms in total. The van der Waals surface area contributed by atoms with Crippen LogP contribution in [0.3, 0.4) is 0 Å². The number of allylic oxidation sites excluding steroid dienone is 2. The van der Waals surface area contributed by atoms with Gasteiger partial charge in [-0.25, -0.2) is 0 Å². The van der Waals surface area contributed by atoms with Crippen LogP contribution in [-0.4, -0.2) is 51.4 Å². The van der Waals surface area contributed by atoms with E-state index in [2.05, 4.69) is 31.7 Å². The van der Waals surface area contributed by atoms with E-state index in [4.69, 9.17) is 20.7 Å². The maximum absolute atomic E-state index is 11.8. The number of carbonyl (C=O) groups excluding carboxylic acids is 2. The standard InChI is InChI=1S/C23H22N2O2.C6H12O3/c1-4-5-6-18-11-17(8-7-15(18)2)13-25-14-21(23(24)27)20-10-9-19(16(3)26)12-22(20)25;1-4-6(8)2-5(3-7)9-4/h4-12,14H,1,13H2,2-3H3,(H2,24,27);4-8H,2-3H2,1H3/b6-5-;. The van der Waals surface area contributed by atoms with E-state index in [1.54, 1.807) is 31.3 Å². The number of aromatic nitrogens is 1. The van der Waals surface area contributed by atoms with Crippen molar-refractivity contribution in [2.75, 3.05) is 6.61 Å². The van der Waals surface area contributed by atoms with E-state index in [0.717, 1.165) is 22.0 Å². The van der Waals surface area contributed by atoms with Crippen molar-refractivity contribution in [3.8, 4) is 0 Å². The van der Waals surface area contributed by atoms with Crippen LogP contribution in [0.5, 0.6) is 0 Å². The monoisotopic (exact) mass is 490 g/mol. The second kappa shape index (κ2) is 11.9. The van der Waals surface area contributed by atoms with Crippen molar-refractivity contribution < 1.29 is 24.5 Å². The van der Waals surface area contributed by atoms with Gasteiger partial charge in [0.2, 0.25) is 0 Å². The van der Waals surface area contributed by atoms with Crippen LogP contribution < -0.4 is 5.73 Å². The highest BCUT2D eigenvalue weighted by Gasteiger charge is 2.29. The number of ether oxygens (including phenoxy) is 1. The molecule has 1 fully saturated rings. The second-order valence-corrected chi connectivity index (χ2v) is 9.06. The van der Waals surface area contributed by atoms with Gasteiger partial charge in [0.25, 0.3) is 5.91 Å². The third-order valence-electron chi connectivity index (χ3n) is 6.32. The first-order valence-electron chi connectivity index (χ1n) is 11.9. The molecule has 0 saturated carbocycles. The third-order valence-corrected chi connectivity index (χ3v) is 6.32. The minimum absolute atomic E-state index is 0.0153. The molecule has 2 aromatic carbocycles. The maximum atomic E-state index is 11.8. The second-order valence-electron chi connectivity index (χ2n) is 9.06. The number of rotatable bonds is 7. The molecule has 1 aliphatic rings. The first kappa shape index (κ1) is 27.1. The smallest absolute Gasteiger partial charge is 0.250 e. The number of nitrogens with two attached hydrogens (primary N) is 1. The van der Waals surface area contributed by atoms with Gasteiger partial charge in [-0.05, 0) is 49.6 Å². The summed E-state index contributed by atoms with van der Waals surface area (Å²) in [5, 5.41) is 18.4. The van der Waals surface area contributed by atoms with Gasteiger partial charge >= 0.3 is 0 Å². The van der Waals surface area contributed by atoms with Crippen molar-refractivity contribution in [1.29, 1.82) is 0 Å². The normalized spacial score (nSPS) is 19.3. The molecular formula is C29H34N2O5. The number of aliphatic hydroxyl groups is 2. The molecule has 0 bridgehead atoms. The number of amides is 1. The summed E-state index contributed by atoms with van der Waals surface area (Å²) in [7, 11) is 0. The van der Waals surface area contributed by atoms with Crippen LogP contribution in [0.2, 0.25) is 0 Å². The zero-order valence-electron chi connectivity index (χ0n) is 21.0. The number of ketones is 1. The maximum Gasteiger partial charge on any atom is 0.250 e. The summed E-state index contributed by atoms with van der Waals surface area (Å²) in [4.78, 5) is 23.6. The fourth-order valence-corrected chi connectivity index (χ4v) is 4.20. The number of fused-ring (bicyclic) bond motifs is 1. The molecule has 0 spiro atoms. The summed E-state index contributed by atoms with van der Waals surface area (Å²) in [5.74, 6) is -0.495. The highest BCUT2D eigenvalue weighted by molar-refractivity contribution is 6.08. The molecule has 2 heterocycles. The summed E-state index contributed by atoms with van der Waals surface area (Å²) in [6.45, 7) is 9.69. The largest absolute Gasteiger partial charge is 0.394 e. The van der Waals surface area contributed by atoms with Crippen molar-refractivity contribution in [1.82, 2.24) is 4.57 Å². The van der Waals surface area contributed by atoms with Gasteiger partial charge in [0.05, 0.1) is 30.5 Å². The fraction of sp³-hybridized carbons (Fsp3) is 0.310. The number of aliphatic hydroxyl groups excluding tert-OH is 2. The van der Waals surface area contributed by atoms with Gasteiger partial charge in [0.15, 0.2) is 5.78 Å². The molecule has 0 radical (unpaired) electrons. The molecular weight excluding hydrogens is 456 g/mol. The minimum atomic E-state index is -0.479. The number of carbonyl (C=O) groups is 2. The van der Waals surface area contributed by atoms with E-state index in [9.17, 15) is 9.59 Å². The lowest BCUT2D eigenvalue weighted by atomic mass is 10.0. The number of hydrogen-bond donors (Lipinski definition) is 3. The Morgan fingerprint density at radius 3 is 2.56 bits per heavy atom. The molecule has 190 valence electrons. The number of nitrogens with zero attached hydrogens (tertiary/aromatic N) is 1. The molecule has 4 N–H and O–H groups in total. The summed E-state index contributed by atoms with van der Waals surface area (Å²) in [5.41, 5.74) is 10.8. The van der Waals surface area contributed by atoms with Crippen molar-refractivity contribution in [2.45, 2.75) is 52.0 Å². The van der Waals surface area contributed by atoms with Gasteiger partial charge < -0.3 is 25.3 Å². The molecule has 1 amide bonds. The molecule has 1 saturated heterocycles. The Morgan fingerprint density at radius 2 is 2.00 bits per heavy atom. The van der Waals surface area contributed by atoms with Crippen LogP contribution in [-0.2, 0) is 11.3 Å². The van der Waals surface area contributed by atoms with Gasteiger partial charge in [-0.1, -0.05) is 49.1 Å². The SMILES string of the molecule is C=C/C=C\c1cc(Cn2cc(C(N)=O)c3ccc(C(C)=O)cc32)ccc1C.CC1OC(CO)CC1O. The van der Waals surface area contributed by atoms with Crippen LogP contribution in [0.15, 0.2) is 61.3 Å². The Hall–Kier alpha value is -3.52. The van der Waals surface area contributed by atoms with Crippen LogP contribution in [0, 0.1) is 6.92 Å². The molecule has 7 heteroatoms. The Bertz CT molecular complexity index is 1280. The molecule has 3 unspecified atom stereocenters. The van der Waals surface area contributed by atoms with Crippen LogP contribution in [0.4, 0.5) is 0 Å². The van der Waals surface area contributed by atoms with Crippen LogP contribution >= 0.6 is 0 Å². The lowest BCUT2D eigenvalue weighted by molar-refractivity contribution is 0.000607. The Kier molecular flexibility index (Phi) is 8.98. The summed E-state index contributed by atoms with van der Waals surface area (Å²) in [6, 6.07) is 11.6. The Labute approximate surface area is 211 Å². The van der Waals surface area contributed by atoms with E-state index in [1.165, 1.54) is 12.5 Å².